The van der Waals surface area contributed by atoms with Crippen molar-refractivity contribution in [1.82, 2.24) is 24.8 Å². The van der Waals surface area contributed by atoms with Crippen molar-refractivity contribution in [3.8, 4) is 0 Å². The molecular formula is C16H18FN5O. The van der Waals surface area contributed by atoms with Gasteiger partial charge < -0.3 is 14.3 Å². The first-order valence-corrected chi connectivity index (χ1v) is 7.67. The Bertz CT molecular complexity index is 827. The Morgan fingerprint density at radius 1 is 1.43 bits per heavy atom. The molecule has 0 bridgehead atoms. The molecule has 0 aliphatic carbocycles. The molecule has 0 amide bonds. The molecule has 3 aromatic rings. The summed E-state index contributed by atoms with van der Waals surface area (Å²) in [6.45, 7) is 3.20. The molecule has 120 valence electrons. The van der Waals surface area contributed by atoms with Gasteiger partial charge in [0.25, 0.3) is 0 Å². The lowest BCUT2D eigenvalue weighted by atomic mass is 10.1. The second kappa shape index (κ2) is 5.75. The van der Waals surface area contributed by atoms with E-state index in [2.05, 4.69) is 20.2 Å². The number of oxazole rings is 1. The smallest absolute Gasteiger partial charge is 0.209 e. The van der Waals surface area contributed by atoms with Crippen LogP contribution in [0.2, 0.25) is 0 Å². The summed E-state index contributed by atoms with van der Waals surface area (Å²) in [6.07, 6.45) is 3.76. The number of aryl methyl sites for hydroxylation is 1. The Hall–Kier alpha value is -2.25. The predicted molar refractivity (Wildman–Crippen MR) is 83.2 cm³/mol. The molecule has 0 radical (unpaired) electrons. The molecule has 2 aromatic heterocycles. The van der Waals surface area contributed by atoms with Gasteiger partial charge >= 0.3 is 0 Å². The van der Waals surface area contributed by atoms with Gasteiger partial charge in [-0.05, 0) is 12.1 Å². The molecule has 1 aliphatic heterocycles. The minimum absolute atomic E-state index is 0.162. The van der Waals surface area contributed by atoms with Gasteiger partial charge in [-0.1, -0.05) is 0 Å². The number of imidazole rings is 1. The molecule has 7 heteroatoms. The highest BCUT2D eigenvalue weighted by atomic mass is 19.1. The SMILES string of the molecule is Cn1ccnc1C1CNCCN1Cc1nc2ccc(F)cc2o1. The van der Waals surface area contributed by atoms with Crippen LogP contribution >= 0.6 is 0 Å². The second-order valence-corrected chi connectivity index (χ2v) is 5.81. The second-order valence-electron chi connectivity index (χ2n) is 5.81. The van der Waals surface area contributed by atoms with E-state index in [1.54, 1.807) is 6.07 Å². The number of halogens is 1. The zero-order valence-corrected chi connectivity index (χ0v) is 12.9. The Morgan fingerprint density at radius 3 is 3.17 bits per heavy atom. The van der Waals surface area contributed by atoms with Crippen LogP contribution in [0.4, 0.5) is 4.39 Å². The number of hydrogen-bond donors (Lipinski definition) is 1. The van der Waals surface area contributed by atoms with Gasteiger partial charge in [-0.25, -0.2) is 14.4 Å². The molecule has 1 saturated heterocycles. The molecule has 1 fully saturated rings. The molecule has 3 heterocycles. The summed E-state index contributed by atoms with van der Waals surface area (Å²) < 4.78 is 21.0. The highest BCUT2D eigenvalue weighted by Crippen LogP contribution is 2.24. The van der Waals surface area contributed by atoms with E-state index in [4.69, 9.17) is 4.42 Å². The van der Waals surface area contributed by atoms with Crippen molar-refractivity contribution < 1.29 is 8.81 Å². The molecule has 1 N–H and O–H groups in total. The van der Waals surface area contributed by atoms with Gasteiger partial charge in [-0.15, -0.1) is 0 Å². The van der Waals surface area contributed by atoms with Crippen molar-refractivity contribution in [3.05, 3.63) is 48.1 Å². The number of piperazine rings is 1. The third kappa shape index (κ3) is 2.73. The quantitative estimate of drug-likeness (QED) is 0.799. The highest BCUT2D eigenvalue weighted by molar-refractivity contribution is 5.72. The van der Waals surface area contributed by atoms with Crippen molar-refractivity contribution in [2.75, 3.05) is 19.6 Å². The van der Waals surface area contributed by atoms with Gasteiger partial charge in [0.15, 0.2) is 5.58 Å². The normalized spacial score (nSPS) is 19.5. The molecule has 1 atom stereocenters. The van der Waals surface area contributed by atoms with E-state index in [9.17, 15) is 4.39 Å². The molecule has 1 unspecified atom stereocenters. The van der Waals surface area contributed by atoms with Gasteiger partial charge in [0, 0.05) is 45.1 Å². The van der Waals surface area contributed by atoms with Crippen molar-refractivity contribution >= 4 is 11.1 Å². The topological polar surface area (TPSA) is 59.1 Å². The number of nitrogens with one attached hydrogen (secondary N) is 1. The average molecular weight is 315 g/mol. The van der Waals surface area contributed by atoms with Gasteiger partial charge in [-0.2, -0.15) is 0 Å². The maximum Gasteiger partial charge on any atom is 0.209 e. The van der Waals surface area contributed by atoms with E-state index in [-0.39, 0.29) is 11.9 Å². The number of aromatic nitrogens is 3. The Morgan fingerprint density at radius 2 is 2.35 bits per heavy atom. The van der Waals surface area contributed by atoms with Crippen molar-refractivity contribution in [3.63, 3.8) is 0 Å². The minimum atomic E-state index is -0.312. The van der Waals surface area contributed by atoms with Crippen molar-refractivity contribution in [1.29, 1.82) is 0 Å². The van der Waals surface area contributed by atoms with E-state index in [0.29, 0.717) is 23.5 Å². The fourth-order valence-electron chi connectivity index (χ4n) is 3.08. The molecule has 6 nitrogen and oxygen atoms in total. The zero-order chi connectivity index (χ0) is 15.8. The monoisotopic (exact) mass is 315 g/mol. The van der Waals surface area contributed by atoms with E-state index >= 15 is 0 Å². The van der Waals surface area contributed by atoms with Crippen LogP contribution < -0.4 is 5.32 Å². The summed E-state index contributed by atoms with van der Waals surface area (Å²) in [4.78, 5) is 11.2. The number of rotatable bonds is 3. The van der Waals surface area contributed by atoms with Crippen LogP contribution in [0.5, 0.6) is 0 Å². The first-order chi connectivity index (χ1) is 11.2. The minimum Gasteiger partial charge on any atom is -0.439 e. The fraction of sp³-hybridized carbons (Fsp3) is 0.375. The molecule has 4 rings (SSSR count). The van der Waals surface area contributed by atoms with Crippen molar-refractivity contribution in [2.24, 2.45) is 7.05 Å². The van der Waals surface area contributed by atoms with Gasteiger partial charge in [0.05, 0.1) is 12.6 Å². The molecule has 1 aliphatic rings. The lowest BCUT2D eigenvalue weighted by molar-refractivity contribution is 0.133. The number of nitrogens with zero attached hydrogens (tertiary/aromatic N) is 4. The maximum atomic E-state index is 13.3. The summed E-state index contributed by atoms with van der Waals surface area (Å²) in [5.74, 6) is 1.30. The summed E-state index contributed by atoms with van der Waals surface area (Å²) in [6, 6.07) is 4.58. The zero-order valence-electron chi connectivity index (χ0n) is 12.9. The number of hydrogen-bond acceptors (Lipinski definition) is 5. The van der Waals surface area contributed by atoms with E-state index in [1.807, 2.05) is 24.0 Å². The Kier molecular flexibility index (Phi) is 3.59. The standard InChI is InChI=1S/C16H18FN5O/c1-21-6-5-19-16(21)13-9-18-4-7-22(13)10-15-20-12-3-2-11(17)8-14(12)23-15/h2-3,5-6,8,13,18H,4,7,9-10H2,1H3. The van der Waals surface area contributed by atoms with E-state index < -0.39 is 0 Å². The van der Waals surface area contributed by atoms with Crippen LogP contribution in [-0.4, -0.2) is 39.1 Å². The average Bonchev–Trinajstić information content (AvgIpc) is 3.13. The summed E-state index contributed by atoms with van der Waals surface area (Å²) in [5.41, 5.74) is 1.17. The summed E-state index contributed by atoms with van der Waals surface area (Å²) in [7, 11) is 2.00. The van der Waals surface area contributed by atoms with Crippen LogP contribution in [0.3, 0.4) is 0 Å². The van der Waals surface area contributed by atoms with Crippen LogP contribution in [0, 0.1) is 5.82 Å². The Balaban J connectivity index is 1.60. The van der Waals surface area contributed by atoms with Gasteiger partial charge in [0.1, 0.15) is 17.2 Å². The number of fused-ring (bicyclic) bond motifs is 1. The van der Waals surface area contributed by atoms with Crippen LogP contribution in [-0.2, 0) is 13.6 Å². The first-order valence-electron chi connectivity index (χ1n) is 7.67. The summed E-state index contributed by atoms with van der Waals surface area (Å²) >= 11 is 0. The lowest BCUT2D eigenvalue weighted by Crippen LogP contribution is -2.46. The molecule has 0 spiro atoms. The molecular weight excluding hydrogens is 297 g/mol. The Labute approximate surface area is 132 Å². The van der Waals surface area contributed by atoms with E-state index in [0.717, 1.165) is 25.5 Å². The van der Waals surface area contributed by atoms with E-state index in [1.165, 1.54) is 12.1 Å². The first kappa shape index (κ1) is 14.3. The third-order valence-electron chi connectivity index (χ3n) is 4.24. The van der Waals surface area contributed by atoms with Gasteiger partial charge in [0.2, 0.25) is 5.89 Å². The van der Waals surface area contributed by atoms with Crippen molar-refractivity contribution in [2.45, 2.75) is 12.6 Å². The largest absolute Gasteiger partial charge is 0.439 e. The van der Waals surface area contributed by atoms with Crippen LogP contribution in [0.1, 0.15) is 17.8 Å². The summed E-state index contributed by atoms with van der Waals surface area (Å²) in [5, 5.41) is 3.40. The third-order valence-corrected chi connectivity index (χ3v) is 4.24. The van der Waals surface area contributed by atoms with Crippen LogP contribution in [0.25, 0.3) is 11.1 Å². The number of benzene rings is 1. The molecule has 0 saturated carbocycles. The van der Waals surface area contributed by atoms with Crippen LogP contribution in [0.15, 0.2) is 35.0 Å². The molecule has 1 aromatic carbocycles. The maximum absolute atomic E-state index is 13.3. The predicted octanol–water partition coefficient (Wildman–Crippen LogP) is 1.85. The molecule has 23 heavy (non-hydrogen) atoms. The van der Waals surface area contributed by atoms with Gasteiger partial charge in [-0.3, -0.25) is 4.90 Å². The fourth-order valence-corrected chi connectivity index (χ4v) is 3.08. The highest BCUT2D eigenvalue weighted by Gasteiger charge is 2.28. The lowest BCUT2D eigenvalue weighted by Gasteiger charge is -2.34.